The summed E-state index contributed by atoms with van der Waals surface area (Å²) in [7, 11) is 1.88. The zero-order valence-electron chi connectivity index (χ0n) is 11.1. The summed E-state index contributed by atoms with van der Waals surface area (Å²) in [6, 6.07) is 14.3. The molecular formula is C16H18N2O. The molecule has 1 unspecified atom stereocenters. The fourth-order valence-electron chi connectivity index (χ4n) is 2.76. The van der Waals surface area contributed by atoms with Gasteiger partial charge in [0.15, 0.2) is 0 Å². The molecule has 3 heteroatoms. The molecule has 0 saturated carbocycles. The largest absolute Gasteiger partial charge is 0.316 e. The molecule has 1 atom stereocenters. The average Bonchev–Trinajstić information content (AvgIpc) is 2.99. The fraction of sp³-hybridized carbons (Fsp3) is 0.312. The van der Waals surface area contributed by atoms with E-state index in [1.165, 1.54) is 5.39 Å². The summed E-state index contributed by atoms with van der Waals surface area (Å²) in [6.07, 6.45) is 0.938. The molecule has 0 radical (unpaired) electrons. The summed E-state index contributed by atoms with van der Waals surface area (Å²) >= 11 is 0. The van der Waals surface area contributed by atoms with Crippen molar-refractivity contribution in [1.82, 2.24) is 5.32 Å². The van der Waals surface area contributed by atoms with E-state index in [0.29, 0.717) is 0 Å². The van der Waals surface area contributed by atoms with Gasteiger partial charge >= 0.3 is 0 Å². The van der Waals surface area contributed by atoms with E-state index in [-0.39, 0.29) is 11.8 Å². The summed E-state index contributed by atoms with van der Waals surface area (Å²) in [6.45, 7) is 1.74. The van der Waals surface area contributed by atoms with E-state index in [1.807, 2.05) is 31.3 Å². The SMILES string of the molecule is CN(C(=O)C1CCNC1)c1cccc2ccccc12. The van der Waals surface area contributed by atoms with E-state index < -0.39 is 0 Å². The van der Waals surface area contributed by atoms with Crippen LogP contribution in [0.1, 0.15) is 6.42 Å². The number of anilines is 1. The second kappa shape index (κ2) is 5.02. The molecule has 19 heavy (non-hydrogen) atoms. The lowest BCUT2D eigenvalue weighted by Crippen LogP contribution is -2.34. The van der Waals surface area contributed by atoms with E-state index in [0.717, 1.165) is 30.6 Å². The minimum atomic E-state index is 0.115. The number of nitrogens with zero attached hydrogens (tertiary/aromatic N) is 1. The fourth-order valence-corrected chi connectivity index (χ4v) is 2.76. The summed E-state index contributed by atoms with van der Waals surface area (Å²) in [5.74, 6) is 0.324. The van der Waals surface area contributed by atoms with Gasteiger partial charge in [-0.25, -0.2) is 0 Å². The second-order valence-corrected chi connectivity index (χ2v) is 5.09. The van der Waals surface area contributed by atoms with Crippen LogP contribution in [-0.4, -0.2) is 26.0 Å². The maximum atomic E-state index is 12.5. The van der Waals surface area contributed by atoms with Crippen molar-refractivity contribution in [1.29, 1.82) is 0 Å². The third-order valence-electron chi connectivity index (χ3n) is 3.87. The Morgan fingerprint density at radius 3 is 2.79 bits per heavy atom. The van der Waals surface area contributed by atoms with Crippen LogP contribution >= 0.6 is 0 Å². The van der Waals surface area contributed by atoms with Crippen molar-refractivity contribution in [2.45, 2.75) is 6.42 Å². The summed E-state index contributed by atoms with van der Waals surface area (Å²) < 4.78 is 0. The van der Waals surface area contributed by atoms with Gasteiger partial charge in [-0.3, -0.25) is 4.79 Å². The van der Waals surface area contributed by atoms with Crippen LogP contribution in [0.4, 0.5) is 5.69 Å². The minimum Gasteiger partial charge on any atom is -0.316 e. The number of nitrogens with one attached hydrogen (secondary N) is 1. The van der Waals surface area contributed by atoms with Crippen LogP contribution in [0.5, 0.6) is 0 Å². The van der Waals surface area contributed by atoms with Crippen molar-refractivity contribution in [2.24, 2.45) is 5.92 Å². The van der Waals surface area contributed by atoms with Crippen LogP contribution in [0, 0.1) is 5.92 Å². The Morgan fingerprint density at radius 2 is 2.00 bits per heavy atom. The average molecular weight is 254 g/mol. The van der Waals surface area contributed by atoms with Crippen LogP contribution < -0.4 is 10.2 Å². The van der Waals surface area contributed by atoms with Gasteiger partial charge in [-0.15, -0.1) is 0 Å². The normalized spacial score (nSPS) is 18.7. The highest BCUT2D eigenvalue weighted by atomic mass is 16.2. The van der Waals surface area contributed by atoms with Gasteiger partial charge in [0.1, 0.15) is 0 Å². The zero-order valence-corrected chi connectivity index (χ0v) is 11.1. The molecule has 1 aliphatic rings. The Labute approximate surface area is 113 Å². The van der Waals surface area contributed by atoms with Crippen LogP contribution in [0.15, 0.2) is 42.5 Å². The third kappa shape index (κ3) is 2.22. The molecule has 1 aliphatic heterocycles. The lowest BCUT2D eigenvalue weighted by Gasteiger charge is -2.22. The van der Waals surface area contributed by atoms with Gasteiger partial charge in [-0.05, 0) is 24.4 Å². The maximum absolute atomic E-state index is 12.5. The first kappa shape index (κ1) is 12.2. The van der Waals surface area contributed by atoms with Gasteiger partial charge in [-0.2, -0.15) is 0 Å². The number of amides is 1. The van der Waals surface area contributed by atoms with Crippen molar-refractivity contribution in [3.05, 3.63) is 42.5 Å². The molecule has 1 N–H and O–H groups in total. The molecule has 1 heterocycles. The Balaban J connectivity index is 1.97. The first-order valence-corrected chi connectivity index (χ1v) is 6.73. The van der Waals surface area contributed by atoms with Crippen LogP contribution in [0.3, 0.4) is 0 Å². The van der Waals surface area contributed by atoms with Crippen molar-refractivity contribution in [2.75, 3.05) is 25.0 Å². The number of fused-ring (bicyclic) bond motifs is 1. The van der Waals surface area contributed by atoms with Crippen molar-refractivity contribution in [3.8, 4) is 0 Å². The Hall–Kier alpha value is -1.87. The first-order chi connectivity index (χ1) is 9.27. The van der Waals surface area contributed by atoms with Gasteiger partial charge in [0.25, 0.3) is 0 Å². The van der Waals surface area contributed by atoms with E-state index in [2.05, 4.69) is 23.5 Å². The quantitative estimate of drug-likeness (QED) is 0.892. The molecule has 1 saturated heterocycles. The smallest absolute Gasteiger partial charge is 0.231 e. The van der Waals surface area contributed by atoms with Gasteiger partial charge in [0.2, 0.25) is 5.91 Å². The molecule has 3 rings (SSSR count). The number of rotatable bonds is 2. The number of benzene rings is 2. The molecule has 0 bridgehead atoms. The van der Waals surface area contributed by atoms with Gasteiger partial charge in [-0.1, -0.05) is 36.4 Å². The summed E-state index contributed by atoms with van der Waals surface area (Å²) in [5.41, 5.74) is 0.995. The molecule has 0 spiro atoms. The summed E-state index contributed by atoms with van der Waals surface area (Å²) in [5, 5.41) is 5.55. The van der Waals surface area contributed by atoms with Crippen molar-refractivity contribution < 1.29 is 4.79 Å². The minimum absolute atomic E-state index is 0.115. The number of hydrogen-bond donors (Lipinski definition) is 1. The highest BCUT2D eigenvalue weighted by Crippen LogP contribution is 2.27. The molecule has 0 aliphatic carbocycles. The third-order valence-corrected chi connectivity index (χ3v) is 3.87. The van der Waals surface area contributed by atoms with Crippen LogP contribution in [-0.2, 0) is 4.79 Å². The molecule has 1 amide bonds. The molecule has 98 valence electrons. The van der Waals surface area contributed by atoms with Gasteiger partial charge < -0.3 is 10.2 Å². The Morgan fingerprint density at radius 1 is 1.21 bits per heavy atom. The van der Waals surface area contributed by atoms with Crippen molar-refractivity contribution >= 4 is 22.4 Å². The standard InChI is InChI=1S/C16H18N2O/c1-18(16(19)13-9-10-17-11-13)15-8-4-6-12-5-2-3-7-14(12)15/h2-8,13,17H,9-11H2,1H3. The molecule has 1 fully saturated rings. The number of hydrogen-bond acceptors (Lipinski definition) is 2. The lowest BCUT2D eigenvalue weighted by molar-refractivity contribution is -0.121. The molecule has 0 aromatic heterocycles. The van der Waals surface area contributed by atoms with Gasteiger partial charge in [0.05, 0.1) is 11.6 Å². The predicted octanol–water partition coefficient (Wildman–Crippen LogP) is 2.41. The van der Waals surface area contributed by atoms with E-state index in [9.17, 15) is 4.79 Å². The Bertz CT molecular complexity index is 597. The monoisotopic (exact) mass is 254 g/mol. The summed E-state index contributed by atoms with van der Waals surface area (Å²) in [4.78, 5) is 14.3. The highest BCUT2D eigenvalue weighted by molar-refractivity contribution is 6.04. The van der Waals surface area contributed by atoms with Gasteiger partial charge in [0, 0.05) is 19.0 Å². The first-order valence-electron chi connectivity index (χ1n) is 6.73. The number of carbonyl (C=O) groups is 1. The molecular weight excluding hydrogens is 236 g/mol. The Kier molecular flexibility index (Phi) is 3.22. The number of carbonyl (C=O) groups excluding carboxylic acids is 1. The topological polar surface area (TPSA) is 32.3 Å². The highest BCUT2D eigenvalue weighted by Gasteiger charge is 2.26. The van der Waals surface area contributed by atoms with Crippen LogP contribution in [0.25, 0.3) is 10.8 Å². The molecule has 2 aromatic rings. The van der Waals surface area contributed by atoms with Crippen LogP contribution in [0.2, 0.25) is 0 Å². The van der Waals surface area contributed by atoms with Crippen molar-refractivity contribution in [3.63, 3.8) is 0 Å². The predicted molar refractivity (Wildman–Crippen MR) is 78.3 cm³/mol. The zero-order chi connectivity index (χ0) is 13.2. The second-order valence-electron chi connectivity index (χ2n) is 5.09. The molecule has 3 nitrogen and oxygen atoms in total. The van der Waals surface area contributed by atoms with E-state index in [1.54, 1.807) is 4.90 Å². The van der Waals surface area contributed by atoms with E-state index >= 15 is 0 Å². The molecule has 2 aromatic carbocycles. The lowest BCUT2D eigenvalue weighted by atomic mass is 10.0. The van der Waals surface area contributed by atoms with E-state index in [4.69, 9.17) is 0 Å². The maximum Gasteiger partial charge on any atom is 0.231 e.